The average Bonchev–Trinajstić information content (AvgIpc) is 2.98. The molecular formula is C32H50O5. The Bertz CT molecular complexity index is 993. The van der Waals surface area contributed by atoms with Crippen LogP contribution in [0.25, 0.3) is 0 Å². The van der Waals surface area contributed by atoms with Gasteiger partial charge in [0, 0.05) is 18.3 Å². The molecule has 0 unspecified atom stereocenters. The zero-order chi connectivity index (χ0) is 27.6. The van der Waals surface area contributed by atoms with E-state index in [0.29, 0.717) is 18.8 Å². The van der Waals surface area contributed by atoms with Crippen molar-refractivity contribution in [3.8, 4) is 0 Å². The monoisotopic (exact) mass is 514 g/mol. The number of carbonyl (C=O) groups excluding carboxylic acids is 1. The van der Waals surface area contributed by atoms with Crippen LogP contribution in [-0.4, -0.2) is 34.4 Å². The molecule has 0 aliphatic heterocycles. The molecule has 0 heterocycles. The van der Waals surface area contributed by atoms with E-state index >= 15 is 0 Å². The molecule has 37 heavy (non-hydrogen) atoms. The highest BCUT2D eigenvalue weighted by molar-refractivity contribution is 5.71. The van der Waals surface area contributed by atoms with Crippen LogP contribution in [0.15, 0.2) is 23.3 Å². The Labute approximate surface area is 224 Å². The molecule has 0 saturated heterocycles. The number of hydrogen-bond donors (Lipinski definition) is 2. The number of aliphatic carboxylic acids is 1. The summed E-state index contributed by atoms with van der Waals surface area (Å²) < 4.78 is 5.82. The van der Waals surface area contributed by atoms with E-state index in [9.17, 15) is 19.8 Å². The van der Waals surface area contributed by atoms with E-state index in [2.05, 4.69) is 41.2 Å². The topological polar surface area (TPSA) is 83.8 Å². The number of carbonyl (C=O) groups is 2. The van der Waals surface area contributed by atoms with Crippen LogP contribution in [0.1, 0.15) is 113 Å². The normalized spacial score (nSPS) is 41.3. The van der Waals surface area contributed by atoms with Gasteiger partial charge in [-0.15, -0.1) is 6.58 Å². The highest BCUT2D eigenvalue weighted by Crippen LogP contribution is 2.72. The molecule has 2 N–H and O–H groups in total. The summed E-state index contributed by atoms with van der Waals surface area (Å²) in [5, 5.41) is 21.8. The van der Waals surface area contributed by atoms with Gasteiger partial charge in [-0.1, -0.05) is 51.3 Å². The van der Waals surface area contributed by atoms with Crippen molar-refractivity contribution in [1.29, 1.82) is 0 Å². The number of aliphatic hydroxyl groups excluding tert-OH is 1. The number of hydrogen-bond acceptors (Lipinski definition) is 4. The van der Waals surface area contributed by atoms with Crippen LogP contribution < -0.4 is 0 Å². The number of fused-ring (bicyclic) bond motifs is 4. The highest BCUT2D eigenvalue weighted by atomic mass is 16.5. The third-order valence-electron chi connectivity index (χ3n) is 11.9. The van der Waals surface area contributed by atoms with Crippen LogP contribution in [0.2, 0.25) is 0 Å². The van der Waals surface area contributed by atoms with E-state index in [1.807, 2.05) is 6.92 Å². The number of carboxylic acids is 1. The Hall–Kier alpha value is -1.62. The van der Waals surface area contributed by atoms with Crippen molar-refractivity contribution in [2.45, 2.75) is 125 Å². The van der Waals surface area contributed by atoms with E-state index in [4.69, 9.17) is 4.74 Å². The van der Waals surface area contributed by atoms with Crippen LogP contribution in [-0.2, 0) is 14.3 Å². The Morgan fingerprint density at radius 1 is 1.05 bits per heavy atom. The Morgan fingerprint density at radius 3 is 2.32 bits per heavy atom. The number of esters is 1. The molecular weight excluding hydrogens is 464 g/mol. The second kappa shape index (κ2) is 9.54. The lowest BCUT2D eigenvalue weighted by molar-refractivity contribution is -0.167. The lowest BCUT2D eigenvalue weighted by atomic mass is 9.43. The van der Waals surface area contributed by atoms with Crippen molar-refractivity contribution in [2.75, 3.05) is 0 Å². The van der Waals surface area contributed by atoms with Gasteiger partial charge in [-0.05, 0) is 93.3 Å². The summed E-state index contributed by atoms with van der Waals surface area (Å²) in [5.74, 6) is -1.30. The van der Waals surface area contributed by atoms with Gasteiger partial charge in [0.15, 0.2) is 0 Å². The van der Waals surface area contributed by atoms with E-state index < -0.39 is 18.0 Å². The molecule has 4 rings (SSSR count). The minimum absolute atomic E-state index is 0.0504. The van der Waals surface area contributed by atoms with Crippen molar-refractivity contribution in [2.24, 2.45) is 39.4 Å². The number of carboxylic acid groups (broad SMARTS) is 1. The Morgan fingerprint density at radius 2 is 1.73 bits per heavy atom. The fourth-order valence-electron chi connectivity index (χ4n) is 9.97. The summed E-state index contributed by atoms with van der Waals surface area (Å²) in [6.45, 7) is 19.1. The zero-order valence-corrected chi connectivity index (χ0v) is 24.3. The first-order valence-corrected chi connectivity index (χ1v) is 14.5. The van der Waals surface area contributed by atoms with Crippen molar-refractivity contribution >= 4 is 11.9 Å². The maximum absolute atomic E-state index is 12.5. The predicted octanol–water partition coefficient (Wildman–Crippen LogP) is 7.09. The minimum Gasteiger partial charge on any atom is -0.481 e. The maximum Gasteiger partial charge on any atom is 0.306 e. The molecule has 4 aliphatic carbocycles. The average molecular weight is 515 g/mol. The summed E-state index contributed by atoms with van der Waals surface area (Å²) in [7, 11) is 0. The molecule has 0 spiro atoms. The summed E-state index contributed by atoms with van der Waals surface area (Å²) in [6, 6.07) is 0. The first kappa shape index (κ1) is 28.4. The van der Waals surface area contributed by atoms with Crippen molar-refractivity contribution in [3.63, 3.8) is 0 Å². The maximum atomic E-state index is 12.5. The van der Waals surface area contributed by atoms with Gasteiger partial charge in [0.2, 0.25) is 0 Å². The third kappa shape index (κ3) is 4.32. The van der Waals surface area contributed by atoms with Gasteiger partial charge >= 0.3 is 11.9 Å². The zero-order valence-electron chi connectivity index (χ0n) is 24.3. The van der Waals surface area contributed by atoms with Crippen LogP contribution >= 0.6 is 0 Å². The van der Waals surface area contributed by atoms with Crippen molar-refractivity contribution < 1.29 is 24.5 Å². The highest BCUT2D eigenvalue weighted by Gasteiger charge is 2.66. The van der Waals surface area contributed by atoms with Gasteiger partial charge in [0.05, 0.1) is 12.0 Å². The molecule has 0 aromatic rings. The summed E-state index contributed by atoms with van der Waals surface area (Å²) in [5.41, 5.74) is 3.66. The number of allylic oxidation sites excluding steroid dienone is 3. The number of aliphatic hydroxyl groups is 1. The second-order valence-corrected chi connectivity index (χ2v) is 14.3. The van der Waals surface area contributed by atoms with E-state index in [0.717, 1.165) is 56.9 Å². The van der Waals surface area contributed by atoms with Gasteiger partial charge in [0.25, 0.3) is 0 Å². The van der Waals surface area contributed by atoms with Gasteiger partial charge < -0.3 is 14.9 Å². The minimum atomic E-state index is -0.766. The van der Waals surface area contributed by atoms with E-state index in [-0.39, 0.29) is 39.7 Å². The number of rotatable bonds is 7. The van der Waals surface area contributed by atoms with Gasteiger partial charge in [0.1, 0.15) is 6.10 Å². The first-order chi connectivity index (χ1) is 17.1. The first-order valence-electron chi connectivity index (χ1n) is 14.5. The smallest absolute Gasteiger partial charge is 0.306 e. The third-order valence-corrected chi connectivity index (χ3v) is 11.9. The molecule has 0 amide bonds. The molecule has 5 nitrogen and oxygen atoms in total. The fourth-order valence-corrected chi connectivity index (χ4v) is 9.97. The lowest BCUT2D eigenvalue weighted by Crippen LogP contribution is -2.56. The summed E-state index contributed by atoms with van der Waals surface area (Å²) >= 11 is 0. The summed E-state index contributed by atoms with van der Waals surface area (Å²) in [6.07, 6.45) is 8.04. The van der Waals surface area contributed by atoms with Gasteiger partial charge in [-0.2, -0.15) is 0 Å². The number of ether oxygens (including phenoxy) is 1. The molecule has 5 heteroatoms. The molecule has 208 valence electrons. The van der Waals surface area contributed by atoms with Crippen LogP contribution in [0.5, 0.6) is 0 Å². The summed E-state index contributed by atoms with van der Waals surface area (Å²) in [4.78, 5) is 24.4. The predicted molar refractivity (Wildman–Crippen MR) is 146 cm³/mol. The lowest BCUT2D eigenvalue weighted by Gasteiger charge is -2.62. The van der Waals surface area contributed by atoms with Crippen LogP contribution in [0, 0.1) is 39.4 Å². The van der Waals surface area contributed by atoms with Crippen LogP contribution in [0.4, 0.5) is 0 Å². The van der Waals surface area contributed by atoms with Gasteiger partial charge in [-0.25, -0.2) is 0 Å². The van der Waals surface area contributed by atoms with E-state index in [1.165, 1.54) is 12.5 Å². The SMILES string of the molecule is C=C(C)CCC[C@@H](C(=O)O)[C@H]1[C@H](O)C[C@@]2(C)C3=C(CC[C@]12C)[C@@]1(C)CC[C@H](OC(C)=O)C(C)(C)[C@H]1CC3. The molecule has 0 aromatic heterocycles. The van der Waals surface area contributed by atoms with Crippen molar-refractivity contribution in [1.82, 2.24) is 0 Å². The largest absolute Gasteiger partial charge is 0.481 e. The molecule has 2 fully saturated rings. The quantitative estimate of drug-likeness (QED) is 0.280. The molecule has 4 aliphatic rings. The second-order valence-electron chi connectivity index (χ2n) is 14.3. The Balaban J connectivity index is 1.69. The van der Waals surface area contributed by atoms with Crippen molar-refractivity contribution in [3.05, 3.63) is 23.3 Å². The van der Waals surface area contributed by atoms with Crippen LogP contribution in [0.3, 0.4) is 0 Å². The molecule has 0 aromatic carbocycles. The molecule has 0 bridgehead atoms. The molecule has 2 saturated carbocycles. The standard InChI is InChI=1S/C32H50O5/c1-19(2)10-9-11-21(28(35)36)27-24(34)18-32(8)23-12-13-25-29(4,5)26(37-20(3)33)15-16-30(25,6)22(23)14-17-31(27,32)7/h21,24-27,34H,1,9-18H2,2-8H3,(H,35,36)/t21-,24-,25-,26+,27+,30-,31-,32+/m1/s1. The van der Waals surface area contributed by atoms with Gasteiger partial charge in [-0.3, -0.25) is 9.59 Å². The fraction of sp³-hybridized carbons (Fsp3) is 0.812. The molecule has 0 radical (unpaired) electrons. The Kier molecular flexibility index (Phi) is 7.32. The van der Waals surface area contributed by atoms with E-state index in [1.54, 1.807) is 5.57 Å². The molecule has 8 atom stereocenters.